The van der Waals surface area contributed by atoms with Crippen molar-refractivity contribution >= 4 is 38.5 Å². The summed E-state index contributed by atoms with van der Waals surface area (Å²) in [6.45, 7) is 2.47. The highest BCUT2D eigenvalue weighted by Gasteiger charge is 2.22. The maximum absolute atomic E-state index is 13.5. The van der Waals surface area contributed by atoms with Gasteiger partial charge in [0.15, 0.2) is 6.73 Å². The first-order chi connectivity index (χ1) is 12.2. The third kappa shape index (κ3) is 2.41. The first-order valence-electron chi connectivity index (χ1n) is 8.02. The number of rotatable bonds is 1. The molecule has 0 aliphatic carbocycles. The summed E-state index contributed by atoms with van der Waals surface area (Å²) >= 11 is 1.53. The zero-order valence-corrected chi connectivity index (χ0v) is 14.3. The molecule has 0 saturated carbocycles. The standard InChI is InChI=1S/C19H14FN3OS/c1-10-4-12-5-15-16(24-9-21-15)8-14(12)19(23-22-10)18-6-11-2-3-13(20)7-17(11)25-18/h2-3,5-8,21H,4,9H2,1H3. The fraction of sp³-hybridized carbons (Fsp3) is 0.158. The molecule has 25 heavy (non-hydrogen) atoms. The van der Waals surface area contributed by atoms with E-state index in [-0.39, 0.29) is 5.82 Å². The Bertz CT molecular complexity index is 1080. The fourth-order valence-electron chi connectivity index (χ4n) is 3.24. The summed E-state index contributed by atoms with van der Waals surface area (Å²) in [5.41, 5.74) is 4.97. The van der Waals surface area contributed by atoms with Gasteiger partial charge in [0.2, 0.25) is 0 Å². The van der Waals surface area contributed by atoms with Gasteiger partial charge in [0.05, 0.1) is 10.6 Å². The van der Waals surface area contributed by atoms with Gasteiger partial charge in [0.1, 0.15) is 17.3 Å². The van der Waals surface area contributed by atoms with E-state index in [1.54, 1.807) is 12.1 Å². The van der Waals surface area contributed by atoms with Crippen LogP contribution >= 0.6 is 11.3 Å². The number of anilines is 1. The second-order valence-electron chi connectivity index (χ2n) is 6.22. The summed E-state index contributed by atoms with van der Waals surface area (Å²) in [6.07, 6.45) is 0.747. The summed E-state index contributed by atoms with van der Waals surface area (Å²) in [5, 5.41) is 13.1. The molecule has 3 aromatic rings. The Morgan fingerprint density at radius 1 is 1.16 bits per heavy atom. The summed E-state index contributed by atoms with van der Waals surface area (Å²) in [5.74, 6) is 0.605. The van der Waals surface area contributed by atoms with Crippen molar-refractivity contribution in [2.75, 3.05) is 12.0 Å². The third-order valence-electron chi connectivity index (χ3n) is 4.43. The van der Waals surface area contributed by atoms with Crippen LogP contribution in [0.3, 0.4) is 0 Å². The molecule has 0 amide bonds. The summed E-state index contributed by atoms with van der Waals surface area (Å²) in [4.78, 5) is 0.978. The van der Waals surface area contributed by atoms with Crippen LogP contribution in [-0.2, 0) is 6.42 Å². The lowest BCUT2D eigenvalue weighted by molar-refractivity contribution is 0.372. The minimum atomic E-state index is -0.227. The number of nitrogens with one attached hydrogen (secondary N) is 1. The van der Waals surface area contributed by atoms with Gasteiger partial charge >= 0.3 is 0 Å². The normalized spacial score (nSPS) is 15.6. The van der Waals surface area contributed by atoms with E-state index in [0.29, 0.717) is 6.73 Å². The van der Waals surface area contributed by atoms with Crippen LogP contribution in [0.25, 0.3) is 10.1 Å². The molecule has 2 aromatic carbocycles. The second kappa shape index (κ2) is 5.39. The molecule has 0 saturated heterocycles. The highest BCUT2D eigenvalue weighted by atomic mass is 32.1. The summed E-state index contributed by atoms with van der Waals surface area (Å²) in [6, 6.07) is 11.0. The van der Waals surface area contributed by atoms with Gasteiger partial charge in [-0.1, -0.05) is 6.07 Å². The lowest BCUT2D eigenvalue weighted by Gasteiger charge is -2.10. The predicted octanol–water partition coefficient (Wildman–Crippen LogP) is 4.57. The smallest absolute Gasteiger partial charge is 0.159 e. The lowest BCUT2D eigenvalue weighted by Crippen LogP contribution is -2.05. The Labute approximate surface area is 147 Å². The van der Waals surface area contributed by atoms with Crippen molar-refractivity contribution in [1.82, 2.24) is 0 Å². The van der Waals surface area contributed by atoms with Crippen molar-refractivity contribution in [2.24, 2.45) is 10.2 Å². The molecule has 0 unspecified atom stereocenters. The van der Waals surface area contributed by atoms with Crippen LogP contribution in [0.1, 0.15) is 22.9 Å². The molecule has 0 atom stereocenters. The number of hydrogen-bond acceptors (Lipinski definition) is 5. The van der Waals surface area contributed by atoms with Gasteiger partial charge in [0.25, 0.3) is 0 Å². The SMILES string of the molecule is CC1=NN=C(c2cc3ccc(F)cc3s2)c2cc3c(cc2C1)NCO3. The van der Waals surface area contributed by atoms with E-state index in [0.717, 1.165) is 55.4 Å². The Morgan fingerprint density at radius 2 is 2.08 bits per heavy atom. The van der Waals surface area contributed by atoms with Crippen molar-refractivity contribution in [2.45, 2.75) is 13.3 Å². The van der Waals surface area contributed by atoms with Crippen LogP contribution in [-0.4, -0.2) is 18.2 Å². The van der Waals surface area contributed by atoms with Gasteiger partial charge in [0, 0.05) is 22.4 Å². The first kappa shape index (κ1) is 14.6. The molecule has 2 aliphatic heterocycles. The van der Waals surface area contributed by atoms with Gasteiger partial charge in [-0.3, -0.25) is 0 Å². The molecule has 124 valence electrons. The van der Waals surface area contributed by atoms with Crippen LogP contribution in [0.4, 0.5) is 10.1 Å². The molecule has 1 aromatic heterocycles. The maximum Gasteiger partial charge on any atom is 0.159 e. The minimum absolute atomic E-state index is 0.227. The van der Waals surface area contributed by atoms with E-state index in [4.69, 9.17) is 4.74 Å². The molecular weight excluding hydrogens is 337 g/mol. The van der Waals surface area contributed by atoms with Crippen LogP contribution in [0, 0.1) is 5.82 Å². The Morgan fingerprint density at radius 3 is 3.00 bits per heavy atom. The largest absolute Gasteiger partial charge is 0.471 e. The molecule has 0 fully saturated rings. The summed E-state index contributed by atoms with van der Waals surface area (Å²) < 4.78 is 20.1. The van der Waals surface area contributed by atoms with Crippen LogP contribution in [0.15, 0.2) is 46.6 Å². The molecule has 5 rings (SSSR count). The predicted molar refractivity (Wildman–Crippen MR) is 99.8 cm³/mol. The van der Waals surface area contributed by atoms with E-state index in [2.05, 4.69) is 21.6 Å². The molecule has 6 heteroatoms. The number of nitrogens with zero attached hydrogens (tertiary/aromatic N) is 2. The van der Waals surface area contributed by atoms with Crippen LogP contribution in [0.2, 0.25) is 0 Å². The zero-order valence-electron chi connectivity index (χ0n) is 13.5. The number of benzene rings is 2. The van der Waals surface area contributed by atoms with E-state index in [1.165, 1.54) is 17.4 Å². The Kier molecular flexibility index (Phi) is 3.15. The van der Waals surface area contributed by atoms with Gasteiger partial charge in [-0.15, -0.1) is 16.4 Å². The van der Waals surface area contributed by atoms with Gasteiger partial charge in [-0.2, -0.15) is 5.10 Å². The van der Waals surface area contributed by atoms with Gasteiger partial charge in [-0.05, 0) is 48.2 Å². The van der Waals surface area contributed by atoms with E-state index >= 15 is 0 Å². The molecule has 4 nitrogen and oxygen atoms in total. The highest BCUT2D eigenvalue weighted by Crippen LogP contribution is 2.36. The van der Waals surface area contributed by atoms with Crippen molar-refractivity contribution in [3.63, 3.8) is 0 Å². The number of fused-ring (bicyclic) bond motifs is 3. The lowest BCUT2D eigenvalue weighted by atomic mass is 9.97. The van der Waals surface area contributed by atoms with E-state index in [9.17, 15) is 4.39 Å². The number of hydrogen-bond donors (Lipinski definition) is 1. The van der Waals surface area contributed by atoms with Crippen molar-refractivity contribution in [1.29, 1.82) is 0 Å². The third-order valence-corrected chi connectivity index (χ3v) is 5.54. The van der Waals surface area contributed by atoms with Crippen molar-refractivity contribution in [3.8, 4) is 5.75 Å². The Hall–Kier alpha value is -2.73. The van der Waals surface area contributed by atoms with E-state index in [1.807, 2.05) is 19.1 Å². The average molecular weight is 351 g/mol. The first-order valence-corrected chi connectivity index (χ1v) is 8.83. The molecule has 0 radical (unpaired) electrons. The number of ether oxygens (including phenoxy) is 1. The molecular formula is C19H14FN3OS. The second-order valence-corrected chi connectivity index (χ2v) is 7.31. The van der Waals surface area contributed by atoms with E-state index < -0.39 is 0 Å². The van der Waals surface area contributed by atoms with Gasteiger partial charge in [-0.25, -0.2) is 4.39 Å². The highest BCUT2D eigenvalue weighted by molar-refractivity contribution is 7.21. The van der Waals surface area contributed by atoms with Gasteiger partial charge < -0.3 is 10.1 Å². The average Bonchev–Trinajstić information content (AvgIpc) is 3.16. The topological polar surface area (TPSA) is 46.0 Å². The van der Waals surface area contributed by atoms with Crippen molar-refractivity contribution in [3.05, 3.63) is 58.2 Å². The zero-order chi connectivity index (χ0) is 17.0. The maximum atomic E-state index is 13.5. The Balaban J connectivity index is 1.72. The molecule has 1 N–H and O–H groups in total. The summed E-state index contributed by atoms with van der Waals surface area (Å²) in [7, 11) is 0. The van der Waals surface area contributed by atoms with Crippen molar-refractivity contribution < 1.29 is 9.13 Å². The fourth-order valence-corrected chi connectivity index (χ4v) is 4.33. The molecule has 3 heterocycles. The monoisotopic (exact) mass is 351 g/mol. The quantitative estimate of drug-likeness (QED) is 0.698. The minimum Gasteiger partial charge on any atom is -0.471 e. The van der Waals surface area contributed by atoms with Crippen LogP contribution in [0.5, 0.6) is 5.75 Å². The molecule has 0 spiro atoms. The number of thiophene rings is 1. The van der Waals surface area contributed by atoms with Crippen LogP contribution < -0.4 is 10.1 Å². The molecule has 0 bridgehead atoms. The molecule has 2 aliphatic rings. The number of halogens is 1.